The van der Waals surface area contributed by atoms with Crippen molar-refractivity contribution in [2.24, 2.45) is 40.3 Å². The third kappa shape index (κ3) is 21.9. The van der Waals surface area contributed by atoms with Crippen molar-refractivity contribution < 1.29 is 33.6 Å². The van der Waals surface area contributed by atoms with Crippen LogP contribution in [-0.4, -0.2) is 109 Å². The number of carbonyl (C=O) groups excluding carboxylic acids is 7. The summed E-state index contributed by atoms with van der Waals surface area (Å²) in [5, 5.41) is 33.2. The molecule has 330 valence electrons. The number of benzene rings is 1. The van der Waals surface area contributed by atoms with Crippen LogP contribution < -0.4 is 71.6 Å². The van der Waals surface area contributed by atoms with Crippen molar-refractivity contribution in [3.63, 3.8) is 0 Å². The first-order valence-electron chi connectivity index (χ1n) is 19.6. The Kier molecular flexibility index (Phi) is 23.8. The Balaban J connectivity index is 3.42. The molecule has 7 amide bonds. The number of guanidine groups is 2. The van der Waals surface area contributed by atoms with Crippen molar-refractivity contribution in [1.29, 1.82) is 10.8 Å². The first kappa shape index (κ1) is 51.0. The van der Waals surface area contributed by atoms with Crippen molar-refractivity contribution in [3.05, 3.63) is 35.9 Å². The van der Waals surface area contributed by atoms with Crippen molar-refractivity contribution in [2.45, 2.75) is 114 Å². The Bertz CT molecular complexity index is 1560. The highest BCUT2D eigenvalue weighted by molar-refractivity contribution is 5.97. The average Bonchev–Trinajstić information content (AvgIpc) is 3.15. The van der Waals surface area contributed by atoms with E-state index in [-0.39, 0.29) is 69.5 Å². The molecule has 0 aliphatic heterocycles. The zero-order valence-electron chi connectivity index (χ0n) is 33.9. The Labute approximate surface area is 344 Å². The number of nitrogens with one attached hydrogen (secondary N) is 9. The lowest BCUT2D eigenvalue weighted by Gasteiger charge is -2.28. The fourth-order valence-corrected chi connectivity index (χ4v) is 5.79. The highest BCUT2D eigenvalue weighted by Gasteiger charge is 2.33. The van der Waals surface area contributed by atoms with Gasteiger partial charge in [0.25, 0.3) is 0 Å². The molecular formula is C37H65N15O7. The zero-order valence-corrected chi connectivity index (χ0v) is 33.9. The maximum Gasteiger partial charge on any atom is 0.243 e. The lowest BCUT2D eigenvalue weighted by atomic mass is 10.00. The standard InChI is InChI=1S/C37H65N15O7/c1-21(2)18-27(34(58)52-28(19-22-10-4-3-5-11-22)35(59)50-26(30(41)54)20-29(40)53)51-33(57)25(14-9-17-47-37(44)45)49-32(56)24(13-8-16-46-36(42)43)48-31(55)23(39)12-6-7-15-38/h3-5,10-11,21,23-28H,6-9,12-20,38-39H2,1-2H3,(H2,40,53)(H2,41,54)(H,48,55)(H,49,56)(H,50,59)(H,51,57)(H,52,58)(H4,42,43,46)(H4,44,45,47)/t23-,24-,25-,26-,27-,28-/m0/s1. The van der Waals surface area contributed by atoms with Crippen molar-refractivity contribution in [2.75, 3.05) is 19.6 Å². The van der Waals surface area contributed by atoms with E-state index in [0.29, 0.717) is 31.4 Å². The lowest BCUT2D eigenvalue weighted by molar-refractivity contribution is -0.135. The zero-order chi connectivity index (χ0) is 44.5. The van der Waals surface area contributed by atoms with Crippen LogP contribution in [-0.2, 0) is 40.0 Å². The average molecular weight is 832 g/mol. The fourth-order valence-electron chi connectivity index (χ4n) is 5.79. The number of nitrogens with two attached hydrogens (primary N) is 6. The Hall–Kier alpha value is -6.03. The van der Waals surface area contributed by atoms with Crippen LogP contribution >= 0.6 is 0 Å². The van der Waals surface area contributed by atoms with Crippen molar-refractivity contribution >= 4 is 53.3 Å². The van der Waals surface area contributed by atoms with E-state index in [1.165, 1.54) is 0 Å². The summed E-state index contributed by atoms with van der Waals surface area (Å²) in [4.78, 5) is 92.0. The topological polar surface area (TPSA) is 408 Å². The van der Waals surface area contributed by atoms with Gasteiger partial charge in [0.15, 0.2) is 11.9 Å². The van der Waals surface area contributed by atoms with Crippen LogP contribution in [0, 0.1) is 16.7 Å². The molecule has 0 fully saturated rings. The predicted octanol–water partition coefficient (Wildman–Crippen LogP) is -3.96. The highest BCUT2D eigenvalue weighted by atomic mass is 16.2. The number of amides is 7. The minimum Gasteiger partial charge on any atom is -0.370 e. The number of rotatable bonds is 29. The Morgan fingerprint density at radius 3 is 1.53 bits per heavy atom. The van der Waals surface area contributed by atoms with Gasteiger partial charge >= 0.3 is 0 Å². The van der Waals surface area contributed by atoms with E-state index in [1.54, 1.807) is 30.3 Å². The van der Waals surface area contributed by atoms with Gasteiger partial charge in [0.2, 0.25) is 41.4 Å². The number of unbranched alkanes of at least 4 members (excludes halogenated alkanes) is 1. The summed E-state index contributed by atoms with van der Waals surface area (Å²) < 4.78 is 0. The molecule has 0 bridgehead atoms. The van der Waals surface area contributed by atoms with Crippen LogP contribution in [0.4, 0.5) is 0 Å². The summed E-state index contributed by atoms with van der Waals surface area (Å²) in [6.07, 6.45) is 1.65. The molecule has 22 heteroatoms. The normalized spacial score (nSPS) is 13.9. The second-order valence-electron chi connectivity index (χ2n) is 14.6. The summed E-state index contributed by atoms with van der Waals surface area (Å²) in [5.41, 5.74) is 33.7. The first-order chi connectivity index (χ1) is 27.8. The van der Waals surface area contributed by atoms with E-state index in [9.17, 15) is 33.6 Å². The summed E-state index contributed by atoms with van der Waals surface area (Å²) in [5.74, 6) is -6.32. The molecule has 0 aromatic heterocycles. The van der Waals surface area contributed by atoms with Gasteiger partial charge in [-0.3, -0.25) is 44.4 Å². The second kappa shape index (κ2) is 27.6. The van der Waals surface area contributed by atoms with Crippen molar-refractivity contribution in [3.8, 4) is 0 Å². The van der Waals surface area contributed by atoms with Gasteiger partial charge in [-0.25, -0.2) is 0 Å². The van der Waals surface area contributed by atoms with Gasteiger partial charge in [-0.1, -0.05) is 50.6 Å². The Morgan fingerprint density at radius 2 is 1.05 bits per heavy atom. The van der Waals surface area contributed by atoms with Crippen LogP contribution in [0.1, 0.15) is 77.2 Å². The van der Waals surface area contributed by atoms with Crippen LogP contribution in [0.15, 0.2) is 30.3 Å². The molecule has 0 aliphatic rings. The van der Waals surface area contributed by atoms with E-state index in [0.717, 1.165) is 0 Å². The quantitative estimate of drug-likeness (QED) is 0.0208. The highest BCUT2D eigenvalue weighted by Crippen LogP contribution is 2.11. The third-order valence-corrected chi connectivity index (χ3v) is 8.86. The van der Waals surface area contributed by atoms with Gasteiger partial charge in [0.1, 0.15) is 30.2 Å². The van der Waals surface area contributed by atoms with E-state index >= 15 is 0 Å². The monoisotopic (exact) mass is 832 g/mol. The molecule has 1 aromatic carbocycles. The molecule has 0 saturated carbocycles. The number of carbonyl (C=O) groups is 7. The van der Waals surface area contributed by atoms with Crippen LogP contribution in [0.3, 0.4) is 0 Å². The van der Waals surface area contributed by atoms with Crippen LogP contribution in [0.2, 0.25) is 0 Å². The summed E-state index contributed by atoms with van der Waals surface area (Å²) in [6.45, 7) is 4.42. The fraction of sp³-hybridized carbons (Fsp3) is 0.595. The SMILES string of the molecule is CC(C)C[C@H](NC(=O)[C@H](CCCNC(=N)N)NC(=O)[C@H](CCCNC(=N)N)NC(=O)[C@@H](N)CCCCN)C(=O)N[C@@H](Cc1ccccc1)C(=O)N[C@@H](CC(N)=O)C(N)=O. The second-order valence-corrected chi connectivity index (χ2v) is 14.6. The molecule has 21 N–H and O–H groups in total. The molecule has 22 nitrogen and oxygen atoms in total. The number of hydrogen-bond acceptors (Lipinski definition) is 11. The van der Waals surface area contributed by atoms with Crippen LogP contribution in [0.25, 0.3) is 0 Å². The smallest absolute Gasteiger partial charge is 0.243 e. The molecule has 59 heavy (non-hydrogen) atoms. The summed E-state index contributed by atoms with van der Waals surface area (Å²) >= 11 is 0. The van der Waals surface area contributed by atoms with Gasteiger partial charge in [0.05, 0.1) is 12.5 Å². The largest absolute Gasteiger partial charge is 0.370 e. The Morgan fingerprint density at radius 1 is 0.593 bits per heavy atom. The molecule has 0 radical (unpaired) electrons. The predicted molar refractivity (Wildman–Crippen MR) is 221 cm³/mol. The molecule has 0 aliphatic carbocycles. The minimum atomic E-state index is -1.45. The van der Waals surface area contributed by atoms with Crippen LogP contribution in [0.5, 0.6) is 0 Å². The van der Waals surface area contributed by atoms with Gasteiger partial charge in [-0.15, -0.1) is 0 Å². The molecule has 0 saturated heterocycles. The molecule has 0 spiro atoms. The minimum absolute atomic E-state index is 0.00639. The molecule has 0 heterocycles. The van der Waals surface area contributed by atoms with Gasteiger partial charge in [-0.05, 0) is 63.0 Å². The van der Waals surface area contributed by atoms with Crippen molar-refractivity contribution in [1.82, 2.24) is 37.2 Å². The molecule has 6 atom stereocenters. The van der Waals surface area contributed by atoms with Gasteiger partial charge in [-0.2, -0.15) is 0 Å². The third-order valence-electron chi connectivity index (χ3n) is 8.86. The summed E-state index contributed by atoms with van der Waals surface area (Å²) in [7, 11) is 0. The van der Waals surface area contributed by atoms with E-state index in [1.807, 2.05) is 13.8 Å². The van der Waals surface area contributed by atoms with Gasteiger partial charge in [0, 0.05) is 19.5 Å². The summed E-state index contributed by atoms with van der Waals surface area (Å²) in [6, 6.07) is 1.30. The molecular weight excluding hydrogens is 767 g/mol. The number of hydrogen-bond donors (Lipinski definition) is 15. The maximum absolute atomic E-state index is 14.0. The lowest BCUT2D eigenvalue weighted by Crippen LogP contribution is -2.60. The van der Waals surface area contributed by atoms with Gasteiger partial charge < -0.3 is 71.6 Å². The molecule has 1 rings (SSSR count). The maximum atomic E-state index is 14.0. The first-order valence-corrected chi connectivity index (χ1v) is 19.6. The number of primary amides is 2. The van der Waals surface area contributed by atoms with E-state index in [4.69, 9.17) is 45.2 Å². The molecule has 0 unspecified atom stereocenters. The van der Waals surface area contributed by atoms with E-state index < -0.39 is 84.0 Å². The van der Waals surface area contributed by atoms with E-state index in [2.05, 4.69) is 37.2 Å². The molecule has 1 aromatic rings.